The molecule has 2 nitrogen and oxygen atoms in total. The van der Waals surface area contributed by atoms with E-state index in [1.807, 2.05) is 0 Å². The quantitative estimate of drug-likeness (QED) is 0.880. The first-order valence-electron chi connectivity index (χ1n) is 5.28. The van der Waals surface area contributed by atoms with Gasteiger partial charge < -0.3 is 5.11 Å². The third kappa shape index (κ3) is 2.22. The van der Waals surface area contributed by atoms with E-state index < -0.39 is 17.3 Å². The van der Waals surface area contributed by atoms with Crippen molar-refractivity contribution >= 4 is 5.97 Å². The minimum absolute atomic E-state index is 0.379. The molecule has 0 atom stereocenters. The second-order valence-corrected chi connectivity index (χ2v) is 3.96. The molecule has 0 bridgehead atoms. The zero-order valence-electron chi connectivity index (χ0n) is 9.58. The SMILES string of the molecule is Cc1ccc(-c2ccc(C(=O)O)c(F)c2)cc1F. The van der Waals surface area contributed by atoms with Crippen molar-refractivity contribution in [1.29, 1.82) is 0 Å². The van der Waals surface area contributed by atoms with Gasteiger partial charge in [-0.25, -0.2) is 13.6 Å². The largest absolute Gasteiger partial charge is 0.478 e. The lowest BCUT2D eigenvalue weighted by molar-refractivity contribution is 0.0692. The van der Waals surface area contributed by atoms with Gasteiger partial charge in [0, 0.05) is 0 Å². The summed E-state index contributed by atoms with van der Waals surface area (Å²) >= 11 is 0. The van der Waals surface area contributed by atoms with Crippen LogP contribution in [0.4, 0.5) is 8.78 Å². The van der Waals surface area contributed by atoms with E-state index in [4.69, 9.17) is 5.11 Å². The average Bonchev–Trinajstić information content (AvgIpc) is 2.32. The number of carbonyl (C=O) groups is 1. The molecular weight excluding hydrogens is 238 g/mol. The van der Waals surface area contributed by atoms with Crippen LogP contribution in [0.1, 0.15) is 15.9 Å². The van der Waals surface area contributed by atoms with Crippen molar-refractivity contribution in [2.45, 2.75) is 6.92 Å². The molecule has 92 valence electrons. The molecule has 1 N–H and O–H groups in total. The molecule has 2 aromatic carbocycles. The third-order valence-electron chi connectivity index (χ3n) is 2.70. The van der Waals surface area contributed by atoms with Crippen LogP contribution in [0.25, 0.3) is 11.1 Å². The van der Waals surface area contributed by atoms with Crippen LogP contribution in [0.5, 0.6) is 0 Å². The second-order valence-electron chi connectivity index (χ2n) is 3.96. The van der Waals surface area contributed by atoms with Crippen LogP contribution in [0.3, 0.4) is 0 Å². The summed E-state index contributed by atoms with van der Waals surface area (Å²) in [5, 5.41) is 8.71. The van der Waals surface area contributed by atoms with E-state index in [1.165, 1.54) is 18.2 Å². The number of benzene rings is 2. The molecule has 4 heteroatoms. The number of hydrogen-bond donors (Lipinski definition) is 1. The topological polar surface area (TPSA) is 37.3 Å². The summed E-state index contributed by atoms with van der Waals surface area (Å²) in [5.41, 5.74) is 1.05. The monoisotopic (exact) mass is 248 g/mol. The maximum atomic E-state index is 13.5. The molecule has 2 aromatic rings. The number of carboxylic acids is 1. The minimum atomic E-state index is -1.32. The van der Waals surface area contributed by atoms with Gasteiger partial charge in [-0.2, -0.15) is 0 Å². The highest BCUT2D eigenvalue weighted by atomic mass is 19.1. The lowest BCUT2D eigenvalue weighted by Crippen LogP contribution is -2.00. The summed E-state index contributed by atoms with van der Waals surface area (Å²) in [4.78, 5) is 10.7. The Morgan fingerprint density at radius 3 is 2.06 bits per heavy atom. The summed E-state index contributed by atoms with van der Waals surface area (Å²) in [6.45, 7) is 1.63. The molecule has 0 saturated carbocycles. The first kappa shape index (κ1) is 12.2. The summed E-state index contributed by atoms with van der Waals surface area (Å²) < 4.78 is 26.9. The highest BCUT2D eigenvalue weighted by molar-refractivity contribution is 5.88. The van der Waals surface area contributed by atoms with E-state index >= 15 is 0 Å². The molecule has 0 aliphatic carbocycles. The van der Waals surface area contributed by atoms with E-state index in [9.17, 15) is 13.6 Å². The molecule has 0 aromatic heterocycles. The molecule has 0 aliphatic rings. The van der Waals surface area contributed by atoms with Crippen LogP contribution in [-0.4, -0.2) is 11.1 Å². The first-order valence-corrected chi connectivity index (χ1v) is 5.28. The van der Waals surface area contributed by atoms with Crippen molar-refractivity contribution in [3.8, 4) is 11.1 Å². The molecule has 0 radical (unpaired) electrons. The lowest BCUT2D eigenvalue weighted by Gasteiger charge is -2.05. The van der Waals surface area contributed by atoms with Crippen molar-refractivity contribution in [2.24, 2.45) is 0 Å². The van der Waals surface area contributed by atoms with E-state index in [0.29, 0.717) is 16.7 Å². The number of hydrogen-bond acceptors (Lipinski definition) is 1. The van der Waals surface area contributed by atoms with Crippen molar-refractivity contribution in [2.75, 3.05) is 0 Å². The fourth-order valence-corrected chi connectivity index (χ4v) is 1.64. The smallest absolute Gasteiger partial charge is 0.338 e. The summed E-state index contributed by atoms with van der Waals surface area (Å²) in [5.74, 6) is -2.54. The Kier molecular flexibility index (Phi) is 3.10. The Bertz CT molecular complexity index is 621. The van der Waals surface area contributed by atoms with Crippen molar-refractivity contribution in [1.82, 2.24) is 0 Å². The van der Waals surface area contributed by atoms with Gasteiger partial charge in [-0.1, -0.05) is 18.2 Å². The van der Waals surface area contributed by atoms with Crippen molar-refractivity contribution in [3.05, 3.63) is 59.2 Å². The number of aromatic carboxylic acids is 1. The van der Waals surface area contributed by atoms with Gasteiger partial charge in [0.1, 0.15) is 11.6 Å². The molecule has 18 heavy (non-hydrogen) atoms. The van der Waals surface area contributed by atoms with E-state index in [0.717, 1.165) is 6.07 Å². The predicted molar refractivity (Wildman–Crippen MR) is 63.5 cm³/mol. The van der Waals surface area contributed by atoms with Gasteiger partial charge in [0.05, 0.1) is 5.56 Å². The maximum Gasteiger partial charge on any atom is 0.338 e. The van der Waals surface area contributed by atoms with Gasteiger partial charge in [-0.3, -0.25) is 0 Å². The Labute approximate surface area is 103 Å². The van der Waals surface area contributed by atoms with Gasteiger partial charge in [-0.05, 0) is 41.8 Å². The first-order chi connectivity index (χ1) is 8.49. The number of carboxylic acid groups (broad SMARTS) is 1. The molecule has 0 unspecified atom stereocenters. The number of rotatable bonds is 2. The summed E-state index contributed by atoms with van der Waals surface area (Å²) in [7, 11) is 0. The number of halogens is 2. The van der Waals surface area contributed by atoms with Crippen LogP contribution >= 0.6 is 0 Å². The molecule has 0 saturated heterocycles. The second kappa shape index (κ2) is 4.56. The van der Waals surface area contributed by atoms with Gasteiger partial charge in [0.2, 0.25) is 0 Å². The summed E-state index contributed by atoms with van der Waals surface area (Å²) in [6.07, 6.45) is 0. The maximum absolute atomic E-state index is 13.5. The van der Waals surface area contributed by atoms with Gasteiger partial charge >= 0.3 is 5.97 Å². The minimum Gasteiger partial charge on any atom is -0.478 e. The van der Waals surface area contributed by atoms with E-state index in [1.54, 1.807) is 19.1 Å². The average molecular weight is 248 g/mol. The highest BCUT2D eigenvalue weighted by Gasteiger charge is 2.11. The molecule has 0 heterocycles. The van der Waals surface area contributed by atoms with E-state index in [2.05, 4.69) is 0 Å². The molecule has 0 fully saturated rings. The number of aryl methyl sites for hydroxylation is 1. The van der Waals surface area contributed by atoms with Gasteiger partial charge in [0.15, 0.2) is 0 Å². The Morgan fingerprint density at radius 1 is 1.00 bits per heavy atom. The van der Waals surface area contributed by atoms with Crippen LogP contribution < -0.4 is 0 Å². The zero-order chi connectivity index (χ0) is 13.3. The Morgan fingerprint density at radius 2 is 1.56 bits per heavy atom. The lowest BCUT2D eigenvalue weighted by atomic mass is 10.0. The molecule has 0 aliphatic heterocycles. The third-order valence-corrected chi connectivity index (χ3v) is 2.70. The standard InChI is InChI=1S/C14H10F2O2/c1-8-2-3-9(6-12(8)15)10-4-5-11(14(17)18)13(16)7-10/h2-7H,1H3,(H,17,18). The molecule has 2 rings (SSSR count). The van der Waals surface area contributed by atoms with Crippen LogP contribution in [-0.2, 0) is 0 Å². The van der Waals surface area contributed by atoms with Gasteiger partial charge in [-0.15, -0.1) is 0 Å². The van der Waals surface area contributed by atoms with Gasteiger partial charge in [0.25, 0.3) is 0 Å². The van der Waals surface area contributed by atoms with Crippen LogP contribution in [0.15, 0.2) is 36.4 Å². The van der Waals surface area contributed by atoms with Crippen LogP contribution in [0.2, 0.25) is 0 Å². The van der Waals surface area contributed by atoms with Crippen molar-refractivity contribution in [3.63, 3.8) is 0 Å². The van der Waals surface area contributed by atoms with E-state index in [-0.39, 0.29) is 5.82 Å². The molecular formula is C14H10F2O2. The fraction of sp³-hybridized carbons (Fsp3) is 0.0714. The fourth-order valence-electron chi connectivity index (χ4n) is 1.64. The Balaban J connectivity index is 2.48. The van der Waals surface area contributed by atoms with Crippen molar-refractivity contribution < 1.29 is 18.7 Å². The molecule has 0 amide bonds. The van der Waals surface area contributed by atoms with Crippen LogP contribution in [0, 0.1) is 18.6 Å². The summed E-state index contributed by atoms with van der Waals surface area (Å²) in [6, 6.07) is 8.26. The highest BCUT2D eigenvalue weighted by Crippen LogP contribution is 2.23. The Hall–Kier alpha value is -2.23. The normalized spacial score (nSPS) is 10.4. The predicted octanol–water partition coefficient (Wildman–Crippen LogP) is 3.64. The zero-order valence-corrected chi connectivity index (χ0v) is 9.58. The molecule has 0 spiro atoms.